The van der Waals surface area contributed by atoms with Crippen LogP contribution in [0.1, 0.15) is 0 Å². The van der Waals surface area contributed by atoms with Crippen LogP contribution in [0.5, 0.6) is 0 Å². The average molecular weight is 778 g/mol. The Labute approximate surface area is 306 Å². The molecule has 0 aliphatic heterocycles. The number of hydrogen-bond acceptors (Lipinski definition) is 1. The maximum Gasteiger partial charge on any atom is 0.102 e. The number of thiol groups is 1. The van der Waals surface area contributed by atoms with Gasteiger partial charge in [-0.2, -0.15) is 0 Å². The second-order valence-corrected chi connectivity index (χ2v) is 16.2. The Morgan fingerprint density at radius 2 is 0.574 bits per heavy atom. The third kappa shape index (κ3) is 13.5. The van der Waals surface area contributed by atoms with Gasteiger partial charge in [-0.15, -0.1) is 0 Å². The third-order valence-corrected chi connectivity index (χ3v) is 13.0. The van der Waals surface area contributed by atoms with Crippen molar-refractivity contribution in [2.75, 3.05) is 14.1 Å². The molecular weight excluding hydrogens is 738 g/mol. The number of benzene rings is 6. The quantitative estimate of drug-likeness (QED) is 0.0424. The van der Waals surface area contributed by atoms with E-state index >= 15 is 0 Å². The number of rotatable bonds is 6. The van der Waals surface area contributed by atoms with Gasteiger partial charge in [0.2, 0.25) is 0 Å². The Balaban J connectivity index is 0.000000263. The predicted octanol–water partition coefficient (Wildman–Crippen LogP) is 5.51. The first-order chi connectivity index (χ1) is 22.5. The van der Waals surface area contributed by atoms with Crippen molar-refractivity contribution in [3.63, 3.8) is 0 Å². The Bertz CT molecular complexity index is 1390. The molecule has 0 unspecified atom stereocenters. The molecule has 0 N–H and O–H groups in total. The average Bonchev–Trinajstić information content (AvgIpc) is 3.13. The second kappa shape index (κ2) is 23.3. The van der Waals surface area contributed by atoms with Gasteiger partial charge >= 0.3 is 30.8 Å². The molecule has 0 fully saturated rings. The Morgan fingerprint density at radius 3 is 0.681 bits per heavy atom. The number of hydrogen-bond donors (Lipinski definition) is 0. The van der Waals surface area contributed by atoms with Gasteiger partial charge in [0.05, 0.1) is 15.8 Å². The summed E-state index contributed by atoms with van der Waals surface area (Å²) in [6.45, 7) is 4.50. The molecule has 6 rings (SSSR count). The van der Waals surface area contributed by atoms with Crippen LogP contribution in [-0.2, 0) is 49.0 Å². The van der Waals surface area contributed by atoms with Gasteiger partial charge in [0.15, 0.2) is 0 Å². The Hall–Kier alpha value is -3.06. The van der Waals surface area contributed by atoms with Crippen LogP contribution in [0.25, 0.3) is 0 Å². The van der Waals surface area contributed by atoms with Gasteiger partial charge in [-0.1, -0.05) is 109 Å². The van der Waals surface area contributed by atoms with Crippen molar-refractivity contribution in [1.82, 2.24) is 4.90 Å². The van der Waals surface area contributed by atoms with Gasteiger partial charge in [0.25, 0.3) is 0 Å². The molecule has 47 heavy (non-hydrogen) atoms. The van der Waals surface area contributed by atoms with Gasteiger partial charge in [-0.3, -0.25) is 4.90 Å². The van der Waals surface area contributed by atoms with Crippen LogP contribution >= 0.6 is 15.8 Å². The van der Waals surface area contributed by atoms with Crippen LogP contribution in [0, 0.1) is 6.65 Å². The maximum atomic E-state index is 7.50. The number of nitrogens with zero attached hydrogens (tertiary/aromatic N) is 1. The van der Waals surface area contributed by atoms with Crippen LogP contribution in [0.15, 0.2) is 182 Å². The molecule has 0 saturated heterocycles. The van der Waals surface area contributed by atoms with Crippen molar-refractivity contribution in [3.05, 3.63) is 189 Å². The van der Waals surface area contributed by atoms with E-state index in [0.717, 1.165) is 0 Å². The molecule has 0 heterocycles. The minimum absolute atomic E-state index is 0. The van der Waals surface area contributed by atoms with Crippen molar-refractivity contribution < 1.29 is 24.1 Å². The summed E-state index contributed by atoms with van der Waals surface area (Å²) in [6, 6.07) is 65.0. The second-order valence-electron chi connectivity index (χ2n) is 10.1. The zero-order valence-corrected chi connectivity index (χ0v) is 32.0. The smallest absolute Gasteiger partial charge is 0.0620 e. The Morgan fingerprint density at radius 1 is 0.447 bits per heavy atom. The fourth-order valence-electron chi connectivity index (χ4n) is 4.63. The van der Waals surface area contributed by atoms with Crippen molar-refractivity contribution in [2.24, 2.45) is 0 Å². The summed E-state index contributed by atoms with van der Waals surface area (Å²) in [5, 5.41) is 8.61. The molecule has 6 aromatic rings. The van der Waals surface area contributed by atoms with E-state index in [2.05, 4.69) is 213 Å². The first-order valence-corrected chi connectivity index (χ1v) is 18.6. The van der Waals surface area contributed by atoms with E-state index in [4.69, 9.17) is 4.65 Å². The normalized spacial score (nSPS) is 9.79. The van der Waals surface area contributed by atoms with E-state index in [1.54, 1.807) is 4.90 Å². The van der Waals surface area contributed by atoms with Crippen molar-refractivity contribution in [2.45, 2.75) is 0 Å². The minimum atomic E-state index is -0.877. The third-order valence-electron chi connectivity index (χ3n) is 6.76. The van der Waals surface area contributed by atoms with Gasteiger partial charge in [-0.05, 0) is 86.9 Å². The molecule has 0 aliphatic rings. The standard InChI is InChI=1S/2C18H15P.C3H7NS2.CO.Ru.H/c2*1-4-10-16(11-5-1)19(17-12-6-2-7-13-17)18-14-8-3-9-15-18;1-4(2)3(5)6;1-2;;/h2*1-15H;1-2H3,(H,5,6);;;/q;;;;+2;/p+2. The molecule has 0 amide bonds. The molecule has 0 aliphatic carbocycles. The SMILES string of the molecule is CN(C)C([S-])=[SH+].[C-]#[O+].[RuH+2].c1ccc([PH+](c2ccccc2)c2ccccc2)cc1.c1ccc([PH+](c2ccccc2)c2ccccc2)cc1. The molecule has 7 heteroatoms. The van der Waals surface area contributed by atoms with Gasteiger partial charge < -0.3 is 12.6 Å². The van der Waals surface area contributed by atoms with E-state index < -0.39 is 15.8 Å². The summed E-state index contributed by atoms with van der Waals surface area (Å²) in [4.78, 5) is 1.76. The van der Waals surface area contributed by atoms with Gasteiger partial charge in [0, 0.05) is 0 Å². The summed E-state index contributed by atoms with van der Waals surface area (Å²) in [5.41, 5.74) is 0. The van der Waals surface area contributed by atoms with Crippen LogP contribution < -0.4 is 31.8 Å². The van der Waals surface area contributed by atoms with Crippen LogP contribution in [0.2, 0.25) is 0 Å². The first kappa shape index (κ1) is 40.1. The van der Waals surface area contributed by atoms with Gasteiger partial charge in [-0.25, -0.2) is 0 Å². The fourth-order valence-corrected chi connectivity index (χ4v) is 9.78. The zero-order chi connectivity index (χ0) is 33.0. The molecule has 0 atom stereocenters. The van der Waals surface area contributed by atoms with E-state index in [1.807, 2.05) is 14.1 Å². The zero-order valence-electron chi connectivity index (χ0n) is 26.4. The molecule has 0 radical (unpaired) electrons. The van der Waals surface area contributed by atoms with Crippen molar-refractivity contribution in [3.8, 4) is 0 Å². The van der Waals surface area contributed by atoms with E-state index in [9.17, 15) is 0 Å². The topological polar surface area (TPSA) is 23.1 Å². The molecular formula is C40H40NOP2RuS2+4. The predicted molar refractivity (Wildman–Crippen MR) is 213 cm³/mol. The molecule has 0 bridgehead atoms. The minimum Gasteiger partial charge on any atom is -0.0620 e. The van der Waals surface area contributed by atoms with E-state index in [1.165, 1.54) is 31.8 Å². The van der Waals surface area contributed by atoms with Crippen LogP contribution in [0.4, 0.5) is 0 Å². The summed E-state index contributed by atoms with van der Waals surface area (Å²) in [7, 11) is 1.96. The molecule has 6 aromatic carbocycles. The van der Waals surface area contributed by atoms with Crippen LogP contribution in [0.3, 0.4) is 0 Å². The summed E-state index contributed by atoms with van der Waals surface area (Å²) in [6.07, 6.45) is 0. The fraction of sp³-hybridized carbons (Fsp3) is 0.0500. The maximum absolute atomic E-state index is 7.50. The monoisotopic (exact) mass is 778 g/mol. The van der Waals surface area contributed by atoms with E-state index in [0.29, 0.717) is 4.32 Å². The van der Waals surface area contributed by atoms with Crippen molar-refractivity contribution >= 4 is 76.8 Å². The van der Waals surface area contributed by atoms with Crippen LogP contribution in [-0.4, -0.2) is 23.3 Å². The first-order valence-electron chi connectivity index (χ1n) is 14.7. The largest absolute Gasteiger partial charge is 0.102 e. The van der Waals surface area contributed by atoms with E-state index in [-0.39, 0.29) is 19.5 Å². The molecule has 237 valence electrons. The molecule has 2 nitrogen and oxygen atoms in total. The van der Waals surface area contributed by atoms with Crippen molar-refractivity contribution in [1.29, 1.82) is 0 Å². The summed E-state index contributed by atoms with van der Waals surface area (Å²) in [5.74, 6) is 0. The summed E-state index contributed by atoms with van der Waals surface area (Å²) >= 11 is 8.46. The summed E-state index contributed by atoms with van der Waals surface area (Å²) < 4.78 is 8.12. The molecule has 0 spiro atoms. The van der Waals surface area contributed by atoms with Gasteiger partial charge in [0.1, 0.15) is 48.4 Å². The molecule has 0 saturated carbocycles. The molecule has 0 aromatic heterocycles. The Kier molecular flexibility index (Phi) is 19.9.